The Morgan fingerprint density at radius 3 is 2.21 bits per heavy atom. The third-order valence-corrected chi connectivity index (χ3v) is 2.62. The van der Waals surface area contributed by atoms with E-state index in [9.17, 15) is 4.79 Å². The number of hydrogen-bond donors (Lipinski definition) is 3. The summed E-state index contributed by atoms with van der Waals surface area (Å²) >= 11 is 0. The highest BCUT2D eigenvalue weighted by Gasteiger charge is 2.36. The van der Waals surface area contributed by atoms with E-state index in [-0.39, 0.29) is 6.42 Å². The van der Waals surface area contributed by atoms with Gasteiger partial charge in [-0.3, -0.25) is 4.79 Å². The molecule has 0 bridgehead atoms. The van der Waals surface area contributed by atoms with Gasteiger partial charge in [-0.25, -0.2) is 0 Å². The average Bonchev–Trinajstić information content (AvgIpc) is 1.99. The van der Waals surface area contributed by atoms with E-state index >= 15 is 0 Å². The van der Waals surface area contributed by atoms with Crippen molar-refractivity contribution in [2.75, 3.05) is 0 Å². The van der Waals surface area contributed by atoms with Gasteiger partial charge in [0, 0.05) is 11.8 Å². The summed E-state index contributed by atoms with van der Waals surface area (Å²) in [6.07, 6.45) is 4.23. The minimum absolute atomic E-state index is 0.0742. The summed E-state index contributed by atoms with van der Waals surface area (Å²) in [5, 5.41) is 8.61. The molecule has 0 aromatic carbocycles. The highest BCUT2D eigenvalue weighted by Crippen LogP contribution is 2.32. The zero-order chi connectivity index (χ0) is 11.4. The summed E-state index contributed by atoms with van der Waals surface area (Å²) in [4.78, 5) is 10.5. The van der Waals surface area contributed by atoms with Crippen LogP contribution in [0.5, 0.6) is 0 Å². The van der Waals surface area contributed by atoms with E-state index in [2.05, 4.69) is 0 Å². The van der Waals surface area contributed by atoms with Crippen LogP contribution >= 0.6 is 0 Å². The molecule has 0 amide bonds. The highest BCUT2D eigenvalue weighted by molar-refractivity contribution is 5.66. The summed E-state index contributed by atoms with van der Waals surface area (Å²) in [7, 11) is 0. The third kappa shape index (κ3) is 3.47. The Morgan fingerprint density at radius 2 is 1.93 bits per heavy atom. The summed E-state index contributed by atoms with van der Waals surface area (Å²) < 4.78 is 0. The normalized spacial score (nSPS) is 16.9. The first-order valence-electron chi connectivity index (χ1n) is 4.66. The first kappa shape index (κ1) is 13.1. The Balaban J connectivity index is 4.65. The smallest absolute Gasteiger partial charge is 0.303 e. The number of carboxylic acid groups (broad SMARTS) is 1. The van der Waals surface area contributed by atoms with Crippen molar-refractivity contribution in [1.82, 2.24) is 0 Å². The summed E-state index contributed by atoms with van der Waals surface area (Å²) in [5.74, 6) is -0.829. The van der Waals surface area contributed by atoms with Crippen molar-refractivity contribution in [1.29, 1.82) is 0 Å². The van der Waals surface area contributed by atoms with Gasteiger partial charge in [0.1, 0.15) is 0 Å². The first-order valence-corrected chi connectivity index (χ1v) is 4.66. The standard InChI is InChI=1S/C10H20N2O2/c1-4-6-9(2,10(3,11)12)7-5-8(13)14/h4,6H,5,7,11-12H2,1-3H3,(H,13,14). The predicted octanol–water partition coefficient (Wildman–Crippen LogP) is 1.07. The second-order valence-electron chi connectivity index (χ2n) is 4.09. The van der Waals surface area contributed by atoms with Gasteiger partial charge in [0.15, 0.2) is 0 Å². The molecule has 0 aromatic rings. The van der Waals surface area contributed by atoms with Crippen LogP contribution in [0.4, 0.5) is 0 Å². The van der Waals surface area contributed by atoms with Crippen molar-refractivity contribution < 1.29 is 9.90 Å². The molecular weight excluding hydrogens is 180 g/mol. The van der Waals surface area contributed by atoms with Gasteiger partial charge in [-0.15, -0.1) is 0 Å². The lowest BCUT2D eigenvalue weighted by atomic mass is 9.75. The summed E-state index contributed by atoms with van der Waals surface area (Å²) in [6.45, 7) is 5.44. The van der Waals surface area contributed by atoms with Crippen LogP contribution in [0.1, 0.15) is 33.6 Å². The molecule has 4 nitrogen and oxygen atoms in total. The molecule has 0 rings (SSSR count). The molecule has 0 aliphatic rings. The molecule has 1 unspecified atom stereocenters. The lowest BCUT2D eigenvalue weighted by Crippen LogP contribution is -2.58. The maximum atomic E-state index is 10.5. The number of carbonyl (C=O) groups is 1. The van der Waals surface area contributed by atoms with Crippen LogP contribution < -0.4 is 11.5 Å². The van der Waals surface area contributed by atoms with E-state index < -0.39 is 17.0 Å². The van der Waals surface area contributed by atoms with Gasteiger partial charge in [-0.2, -0.15) is 0 Å². The number of carboxylic acids is 1. The molecule has 0 heterocycles. The van der Waals surface area contributed by atoms with E-state index in [0.717, 1.165) is 0 Å². The number of rotatable bonds is 5. The Kier molecular flexibility index (Phi) is 4.29. The molecule has 82 valence electrons. The third-order valence-electron chi connectivity index (χ3n) is 2.62. The van der Waals surface area contributed by atoms with Crippen LogP contribution in [0.3, 0.4) is 0 Å². The Labute approximate surface area is 85.0 Å². The molecule has 0 radical (unpaired) electrons. The number of aliphatic carboxylic acids is 1. The fraction of sp³-hybridized carbons (Fsp3) is 0.700. The quantitative estimate of drug-likeness (QED) is 0.457. The molecule has 0 aliphatic carbocycles. The summed E-state index contributed by atoms with van der Waals surface area (Å²) in [6, 6.07) is 0. The van der Waals surface area contributed by atoms with Gasteiger partial charge in [-0.1, -0.05) is 19.1 Å². The molecule has 0 fully saturated rings. The minimum atomic E-state index is -0.908. The SMILES string of the molecule is CC=CC(C)(CCC(=O)O)C(C)(N)N. The Morgan fingerprint density at radius 1 is 1.43 bits per heavy atom. The zero-order valence-corrected chi connectivity index (χ0v) is 9.08. The van der Waals surface area contributed by atoms with E-state index in [1.165, 1.54) is 0 Å². The van der Waals surface area contributed by atoms with Crippen molar-refractivity contribution in [3.05, 3.63) is 12.2 Å². The zero-order valence-electron chi connectivity index (χ0n) is 9.08. The average molecular weight is 200 g/mol. The van der Waals surface area contributed by atoms with Crippen LogP contribution in [-0.4, -0.2) is 16.7 Å². The monoisotopic (exact) mass is 200 g/mol. The number of nitrogens with two attached hydrogens (primary N) is 2. The van der Waals surface area contributed by atoms with E-state index in [4.69, 9.17) is 16.6 Å². The highest BCUT2D eigenvalue weighted by atomic mass is 16.4. The second-order valence-corrected chi connectivity index (χ2v) is 4.09. The molecule has 5 N–H and O–H groups in total. The van der Waals surface area contributed by atoms with Gasteiger partial charge < -0.3 is 16.6 Å². The molecule has 4 heteroatoms. The maximum absolute atomic E-state index is 10.5. The van der Waals surface area contributed by atoms with E-state index in [1.54, 1.807) is 6.92 Å². The summed E-state index contributed by atoms with van der Waals surface area (Å²) in [5.41, 5.74) is 10.2. The fourth-order valence-electron chi connectivity index (χ4n) is 1.27. The topological polar surface area (TPSA) is 89.3 Å². The van der Waals surface area contributed by atoms with Crippen LogP contribution in [-0.2, 0) is 4.79 Å². The van der Waals surface area contributed by atoms with Crippen molar-refractivity contribution in [3.8, 4) is 0 Å². The van der Waals surface area contributed by atoms with Crippen LogP contribution in [0, 0.1) is 5.41 Å². The number of hydrogen-bond acceptors (Lipinski definition) is 3. The fourth-order valence-corrected chi connectivity index (χ4v) is 1.27. The van der Waals surface area contributed by atoms with E-state index in [1.807, 2.05) is 26.0 Å². The van der Waals surface area contributed by atoms with Crippen LogP contribution in [0.2, 0.25) is 0 Å². The molecule has 1 atom stereocenters. The largest absolute Gasteiger partial charge is 0.481 e. The minimum Gasteiger partial charge on any atom is -0.481 e. The van der Waals surface area contributed by atoms with Crippen LogP contribution in [0.15, 0.2) is 12.2 Å². The van der Waals surface area contributed by atoms with Crippen molar-refractivity contribution in [3.63, 3.8) is 0 Å². The van der Waals surface area contributed by atoms with Crippen molar-refractivity contribution in [2.24, 2.45) is 16.9 Å². The Bertz CT molecular complexity index is 231. The first-order chi connectivity index (χ1) is 6.23. The molecular formula is C10H20N2O2. The number of allylic oxidation sites excluding steroid dienone is 1. The Hall–Kier alpha value is -0.870. The lowest BCUT2D eigenvalue weighted by Gasteiger charge is -2.38. The molecule has 0 aromatic heterocycles. The molecule has 0 saturated carbocycles. The van der Waals surface area contributed by atoms with Gasteiger partial charge in [0.2, 0.25) is 0 Å². The van der Waals surface area contributed by atoms with Crippen LogP contribution in [0.25, 0.3) is 0 Å². The van der Waals surface area contributed by atoms with Gasteiger partial charge >= 0.3 is 5.97 Å². The van der Waals surface area contributed by atoms with Crippen molar-refractivity contribution in [2.45, 2.75) is 39.3 Å². The van der Waals surface area contributed by atoms with Gasteiger partial charge in [0.05, 0.1) is 5.66 Å². The second kappa shape index (κ2) is 4.57. The molecule has 0 aliphatic heterocycles. The van der Waals surface area contributed by atoms with Crippen molar-refractivity contribution >= 4 is 5.97 Å². The lowest BCUT2D eigenvalue weighted by molar-refractivity contribution is -0.137. The molecule has 14 heavy (non-hydrogen) atoms. The van der Waals surface area contributed by atoms with E-state index in [0.29, 0.717) is 6.42 Å². The van der Waals surface area contributed by atoms with Gasteiger partial charge in [0.25, 0.3) is 0 Å². The molecule has 0 spiro atoms. The van der Waals surface area contributed by atoms with Gasteiger partial charge in [-0.05, 0) is 20.3 Å². The molecule has 0 saturated heterocycles. The maximum Gasteiger partial charge on any atom is 0.303 e. The predicted molar refractivity (Wildman–Crippen MR) is 56.6 cm³/mol.